The SMILES string of the molecule is CNC(=O)CCNc1cc(NN)nc(SC)n1. The normalized spacial score (nSPS) is 9.82. The molecule has 0 aliphatic rings. The van der Waals surface area contributed by atoms with Crippen LogP contribution in [-0.2, 0) is 4.79 Å². The van der Waals surface area contributed by atoms with Crippen LogP contribution in [0.1, 0.15) is 6.42 Å². The van der Waals surface area contributed by atoms with Gasteiger partial charge in [-0.05, 0) is 6.26 Å². The van der Waals surface area contributed by atoms with Crippen molar-refractivity contribution >= 4 is 29.3 Å². The van der Waals surface area contributed by atoms with Gasteiger partial charge in [0, 0.05) is 26.1 Å². The van der Waals surface area contributed by atoms with Crippen molar-refractivity contribution in [3.63, 3.8) is 0 Å². The van der Waals surface area contributed by atoms with Crippen LogP contribution in [0.4, 0.5) is 11.6 Å². The largest absolute Gasteiger partial charge is 0.369 e. The molecule has 1 aromatic rings. The zero-order valence-electron chi connectivity index (χ0n) is 9.78. The van der Waals surface area contributed by atoms with E-state index < -0.39 is 0 Å². The van der Waals surface area contributed by atoms with E-state index in [1.807, 2.05) is 6.26 Å². The standard InChI is InChI=1S/C9H16N6OS/c1-11-8(16)3-4-12-6-5-7(15-10)14-9(13-6)17-2/h5H,3-4,10H2,1-2H3,(H,11,16)(H2,12,13,14,15). The lowest BCUT2D eigenvalue weighted by molar-refractivity contribution is -0.120. The lowest BCUT2D eigenvalue weighted by Crippen LogP contribution is -2.21. The molecule has 0 spiro atoms. The summed E-state index contributed by atoms with van der Waals surface area (Å²) in [5, 5.41) is 6.20. The molecule has 1 rings (SSSR count). The maximum Gasteiger partial charge on any atom is 0.221 e. The second kappa shape index (κ2) is 6.92. The van der Waals surface area contributed by atoms with Crippen molar-refractivity contribution in [1.82, 2.24) is 15.3 Å². The van der Waals surface area contributed by atoms with E-state index in [0.717, 1.165) is 0 Å². The van der Waals surface area contributed by atoms with Crippen LogP contribution in [0.25, 0.3) is 0 Å². The summed E-state index contributed by atoms with van der Waals surface area (Å²) in [5.74, 6) is 6.45. The van der Waals surface area contributed by atoms with Crippen LogP contribution < -0.4 is 21.9 Å². The third-order valence-electron chi connectivity index (χ3n) is 1.97. The summed E-state index contributed by atoms with van der Waals surface area (Å²) in [7, 11) is 1.61. The van der Waals surface area contributed by atoms with Crippen molar-refractivity contribution in [3.05, 3.63) is 6.07 Å². The Kier molecular flexibility index (Phi) is 5.50. The van der Waals surface area contributed by atoms with E-state index in [0.29, 0.717) is 29.8 Å². The van der Waals surface area contributed by atoms with E-state index in [1.165, 1.54) is 11.8 Å². The molecule has 0 aromatic carbocycles. The maximum absolute atomic E-state index is 11.0. The van der Waals surface area contributed by atoms with Gasteiger partial charge < -0.3 is 16.1 Å². The van der Waals surface area contributed by atoms with Crippen LogP contribution in [0.15, 0.2) is 11.2 Å². The van der Waals surface area contributed by atoms with Crippen molar-refractivity contribution in [2.24, 2.45) is 5.84 Å². The number of hydrogen-bond donors (Lipinski definition) is 4. The molecule has 8 heteroatoms. The molecule has 94 valence electrons. The Morgan fingerprint density at radius 3 is 2.76 bits per heavy atom. The summed E-state index contributed by atoms with van der Waals surface area (Å²) in [5.41, 5.74) is 2.47. The van der Waals surface area contributed by atoms with Crippen molar-refractivity contribution < 1.29 is 4.79 Å². The summed E-state index contributed by atoms with van der Waals surface area (Å²) in [6.45, 7) is 0.508. The van der Waals surface area contributed by atoms with Gasteiger partial charge in [-0.15, -0.1) is 0 Å². The number of anilines is 2. The van der Waals surface area contributed by atoms with Gasteiger partial charge in [0.2, 0.25) is 5.91 Å². The highest BCUT2D eigenvalue weighted by atomic mass is 32.2. The Morgan fingerprint density at radius 2 is 2.18 bits per heavy atom. The minimum Gasteiger partial charge on any atom is -0.369 e. The number of nitrogen functional groups attached to an aromatic ring is 1. The molecule has 0 bridgehead atoms. The second-order valence-electron chi connectivity index (χ2n) is 3.12. The number of carbonyl (C=O) groups is 1. The molecule has 0 radical (unpaired) electrons. The number of aromatic nitrogens is 2. The minimum absolute atomic E-state index is 0.0196. The van der Waals surface area contributed by atoms with Crippen molar-refractivity contribution in [2.75, 3.05) is 30.6 Å². The Morgan fingerprint density at radius 1 is 1.47 bits per heavy atom. The van der Waals surface area contributed by atoms with E-state index in [-0.39, 0.29) is 5.91 Å². The smallest absolute Gasteiger partial charge is 0.221 e. The Labute approximate surface area is 104 Å². The zero-order chi connectivity index (χ0) is 12.7. The average Bonchev–Trinajstić information content (AvgIpc) is 2.37. The monoisotopic (exact) mass is 256 g/mol. The van der Waals surface area contributed by atoms with Crippen LogP contribution in [0.3, 0.4) is 0 Å². The molecule has 0 saturated carbocycles. The molecular formula is C9H16N6OS. The van der Waals surface area contributed by atoms with Gasteiger partial charge in [-0.2, -0.15) is 0 Å². The maximum atomic E-state index is 11.0. The van der Waals surface area contributed by atoms with Gasteiger partial charge in [-0.25, -0.2) is 15.8 Å². The highest BCUT2D eigenvalue weighted by molar-refractivity contribution is 7.98. The molecule has 1 aromatic heterocycles. The molecule has 0 fully saturated rings. The Balaban J connectivity index is 2.60. The van der Waals surface area contributed by atoms with Crippen LogP contribution in [0.2, 0.25) is 0 Å². The number of thioether (sulfide) groups is 1. The second-order valence-corrected chi connectivity index (χ2v) is 3.89. The Hall–Kier alpha value is -1.54. The topological polar surface area (TPSA) is 105 Å². The summed E-state index contributed by atoms with van der Waals surface area (Å²) < 4.78 is 0. The lowest BCUT2D eigenvalue weighted by Gasteiger charge is -2.08. The van der Waals surface area contributed by atoms with Gasteiger partial charge in [0.15, 0.2) is 5.16 Å². The predicted octanol–water partition coefficient (Wildman–Crippen LogP) is 0.0321. The molecule has 17 heavy (non-hydrogen) atoms. The highest BCUT2D eigenvalue weighted by Crippen LogP contribution is 2.16. The third kappa shape index (κ3) is 4.45. The molecular weight excluding hydrogens is 240 g/mol. The lowest BCUT2D eigenvalue weighted by atomic mass is 10.4. The fraction of sp³-hybridized carbons (Fsp3) is 0.444. The van der Waals surface area contributed by atoms with E-state index in [1.54, 1.807) is 13.1 Å². The first kappa shape index (κ1) is 13.5. The van der Waals surface area contributed by atoms with Gasteiger partial charge in [0.1, 0.15) is 11.6 Å². The van der Waals surface area contributed by atoms with Crippen LogP contribution in [-0.4, -0.2) is 35.7 Å². The van der Waals surface area contributed by atoms with Gasteiger partial charge in [0.25, 0.3) is 0 Å². The zero-order valence-corrected chi connectivity index (χ0v) is 10.6. The molecule has 0 aliphatic carbocycles. The summed E-state index contributed by atoms with van der Waals surface area (Å²) >= 11 is 1.42. The fourth-order valence-corrected chi connectivity index (χ4v) is 1.49. The van der Waals surface area contributed by atoms with Crippen molar-refractivity contribution in [2.45, 2.75) is 11.6 Å². The average molecular weight is 256 g/mol. The highest BCUT2D eigenvalue weighted by Gasteiger charge is 2.03. The molecule has 1 amide bonds. The Bertz CT molecular complexity index is 363. The van der Waals surface area contributed by atoms with E-state index >= 15 is 0 Å². The van der Waals surface area contributed by atoms with Gasteiger partial charge >= 0.3 is 0 Å². The van der Waals surface area contributed by atoms with Crippen LogP contribution in [0, 0.1) is 0 Å². The molecule has 0 aliphatic heterocycles. The number of nitrogens with two attached hydrogens (primary N) is 1. The van der Waals surface area contributed by atoms with Crippen molar-refractivity contribution in [1.29, 1.82) is 0 Å². The fourth-order valence-electron chi connectivity index (χ4n) is 1.11. The van der Waals surface area contributed by atoms with E-state index in [9.17, 15) is 4.79 Å². The number of nitrogens with zero attached hydrogens (tertiary/aromatic N) is 2. The first-order valence-corrected chi connectivity index (χ1v) is 6.26. The summed E-state index contributed by atoms with van der Waals surface area (Å²) in [6.07, 6.45) is 2.27. The molecule has 0 atom stereocenters. The number of amides is 1. The molecule has 5 N–H and O–H groups in total. The van der Waals surface area contributed by atoms with E-state index in [2.05, 4.69) is 26.0 Å². The van der Waals surface area contributed by atoms with Crippen LogP contribution >= 0.6 is 11.8 Å². The number of hydrogen-bond acceptors (Lipinski definition) is 7. The first-order chi connectivity index (χ1) is 8.19. The van der Waals surface area contributed by atoms with Crippen LogP contribution in [0.5, 0.6) is 0 Å². The molecule has 7 nitrogen and oxygen atoms in total. The molecule has 0 unspecified atom stereocenters. The quantitative estimate of drug-likeness (QED) is 0.246. The van der Waals surface area contributed by atoms with Gasteiger partial charge in [-0.1, -0.05) is 11.8 Å². The number of hydrazine groups is 1. The first-order valence-electron chi connectivity index (χ1n) is 5.03. The summed E-state index contributed by atoms with van der Waals surface area (Å²) in [6, 6.07) is 1.68. The van der Waals surface area contributed by atoms with Gasteiger partial charge in [0.05, 0.1) is 0 Å². The number of rotatable bonds is 6. The molecule has 1 heterocycles. The van der Waals surface area contributed by atoms with Gasteiger partial charge in [-0.3, -0.25) is 4.79 Å². The number of nitrogens with one attached hydrogen (secondary N) is 3. The number of carbonyl (C=O) groups excluding carboxylic acids is 1. The molecule has 0 saturated heterocycles. The summed E-state index contributed by atoms with van der Waals surface area (Å²) in [4.78, 5) is 19.4. The third-order valence-corrected chi connectivity index (χ3v) is 2.52. The van der Waals surface area contributed by atoms with Crippen molar-refractivity contribution in [3.8, 4) is 0 Å². The minimum atomic E-state index is -0.0196. The predicted molar refractivity (Wildman–Crippen MR) is 68.8 cm³/mol. The van der Waals surface area contributed by atoms with E-state index in [4.69, 9.17) is 5.84 Å².